The number of benzene rings is 1. The zero-order valence-electron chi connectivity index (χ0n) is 12.7. The van der Waals surface area contributed by atoms with Crippen LogP contribution in [0.4, 0.5) is 15.8 Å². The number of halogens is 1. The zero-order chi connectivity index (χ0) is 16.5. The predicted octanol–water partition coefficient (Wildman–Crippen LogP) is 3.30. The summed E-state index contributed by atoms with van der Waals surface area (Å²) >= 11 is 0. The summed E-state index contributed by atoms with van der Waals surface area (Å²) in [6.07, 6.45) is 0. The van der Waals surface area contributed by atoms with Crippen LogP contribution in [0.1, 0.15) is 38.1 Å². The lowest BCUT2D eigenvalue weighted by atomic mass is 9.87. The molecule has 0 aliphatic carbocycles. The minimum atomic E-state index is -1.46. The smallest absolute Gasteiger partial charge is 0.342 e. The minimum Gasteiger partial charge on any atom is -0.477 e. The molecule has 21 heavy (non-hydrogen) atoms. The van der Waals surface area contributed by atoms with E-state index in [-0.39, 0.29) is 17.1 Å². The number of carboxylic acid groups (broad SMARTS) is 1. The Labute approximate surface area is 122 Å². The van der Waals surface area contributed by atoms with Crippen molar-refractivity contribution < 1.29 is 19.2 Å². The summed E-state index contributed by atoms with van der Waals surface area (Å²) in [6, 6.07) is 1.57. The van der Waals surface area contributed by atoms with Gasteiger partial charge in [-0.1, -0.05) is 20.8 Å². The van der Waals surface area contributed by atoms with Gasteiger partial charge in [-0.15, -0.1) is 0 Å². The van der Waals surface area contributed by atoms with Gasteiger partial charge in [-0.25, -0.2) is 9.18 Å². The second-order valence-electron chi connectivity index (χ2n) is 6.04. The van der Waals surface area contributed by atoms with Crippen molar-refractivity contribution in [3.05, 3.63) is 33.6 Å². The molecule has 0 fully saturated rings. The molecule has 1 N–H and O–H groups in total. The van der Waals surface area contributed by atoms with Crippen molar-refractivity contribution in [2.75, 3.05) is 11.9 Å². The summed E-state index contributed by atoms with van der Waals surface area (Å²) < 4.78 is 14.1. The van der Waals surface area contributed by atoms with Crippen molar-refractivity contribution in [2.24, 2.45) is 5.41 Å². The van der Waals surface area contributed by atoms with Gasteiger partial charge in [-0.05, 0) is 18.4 Å². The molecule has 116 valence electrons. The lowest BCUT2D eigenvalue weighted by molar-refractivity contribution is -0.385. The Hall–Kier alpha value is -2.18. The summed E-state index contributed by atoms with van der Waals surface area (Å²) in [5.41, 5.74) is -1.42. The fourth-order valence-electron chi connectivity index (χ4n) is 1.93. The van der Waals surface area contributed by atoms with Crippen LogP contribution in [0.25, 0.3) is 0 Å². The van der Waals surface area contributed by atoms with Gasteiger partial charge in [0.05, 0.1) is 16.7 Å². The Morgan fingerprint density at radius 3 is 2.33 bits per heavy atom. The van der Waals surface area contributed by atoms with Gasteiger partial charge in [0, 0.05) is 13.1 Å². The minimum absolute atomic E-state index is 0.0282. The van der Waals surface area contributed by atoms with E-state index in [0.717, 1.165) is 6.07 Å². The first-order valence-electron chi connectivity index (χ1n) is 6.41. The summed E-state index contributed by atoms with van der Waals surface area (Å²) in [7, 11) is 1.63. The molecule has 6 nitrogen and oxygen atoms in total. The second kappa shape index (κ2) is 5.67. The molecule has 0 heterocycles. The van der Waals surface area contributed by atoms with Crippen LogP contribution in [-0.4, -0.2) is 29.1 Å². The molecule has 1 aromatic carbocycles. The predicted molar refractivity (Wildman–Crippen MR) is 77.3 cm³/mol. The van der Waals surface area contributed by atoms with Gasteiger partial charge in [0.2, 0.25) is 0 Å². The Morgan fingerprint density at radius 2 is 1.95 bits per heavy atom. The first kappa shape index (κ1) is 16.9. The van der Waals surface area contributed by atoms with Crippen LogP contribution in [0.2, 0.25) is 0 Å². The van der Waals surface area contributed by atoms with Crippen LogP contribution in [-0.2, 0) is 0 Å². The maximum Gasteiger partial charge on any atom is 0.342 e. The topological polar surface area (TPSA) is 83.7 Å². The van der Waals surface area contributed by atoms with Crippen molar-refractivity contribution >= 4 is 17.3 Å². The van der Waals surface area contributed by atoms with Crippen molar-refractivity contribution in [3.63, 3.8) is 0 Å². The second-order valence-corrected chi connectivity index (χ2v) is 6.04. The molecule has 0 saturated heterocycles. The number of anilines is 1. The number of nitro groups is 1. The van der Waals surface area contributed by atoms with E-state index >= 15 is 0 Å². The van der Waals surface area contributed by atoms with E-state index in [1.807, 2.05) is 27.7 Å². The first-order chi connectivity index (χ1) is 9.46. The highest BCUT2D eigenvalue weighted by molar-refractivity contribution is 5.93. The quantitative estimate of drug-likeness (QED) is 0.681. The van der Waals surface area contributed by atoms with Gasteiger partial charge in [0.15, 0.2) is 5.82 Å². The molecule has 0 saturated carbocycles. The highest BCUT2D eigenvalue weighted by atomic mass is 19.1. The van der Waals surface area contributed by atoms with Gasteiger partial charge in [0.25, 0.3) is 5.69 Å². The van der Waals surface area contributed by atoms with E-state index in [1.165, 1.54) is 0 Å². The third-order valence-corrected chi connectivity index (χ3v) is 3.71. The number of hydrogen-bond acceptors (Lipinski definition) is 4. The lowest BCUT2D eigenvalue weighted by Gasteiger charge is -2.37. The van der Waals surface area contributed by atoms with E-state index in [1.54, 1.807) is 11.9 Å². The summed E-state index contributed by atoms with van der Waals surface area (Å²) in [6.45, 7) is 7.78. The van der Waals surface area contributed by atoms with Crippen molar-refractivity contribution in [2.45, 2.75) is 33.7 Å². The summed E-state index contributed by atoms with van der Waals surface area (Å²) in [5.74, 6) is -2.27. The number of aromatic carboxylic acids is 1. The van der Waals surface area contributed by atoms with Gasteiger partial charge in [-0.3, -0.25) is 10.1 Å². The van der Waals surface area contributed by atoms with E-state index < -0.39 is 28.0 Å². The van der Waals surface area contributed by atoms with Gasteiger partial charge >= 0.3 is 5.97 Å². The highest BCUT2D eigenvalue weighted by Crippen LogP contribution is 2.32. The largest absolute Gasteiger partial charge is 0.477 e. The number of carbonyl (C=O) groups is 1. The Bertz CT molecular complexity index is 581. The van der Waals surface area contributed by atoms with E-state index in [4.69, 9.17) is 5.11 Å². The van der Waals surface area contributed by atoms with E-state index in [9.17, 15) is 19.3 Å². The van der Waals surface area contributed by atoms with Gasteiger partial charge in [0.1, 0.15) is 5.56 Å². The number of carboxylic acids is 1. The zero-order valence-corrected chi connectivity index (χ0v) is 12.7. The number of hydrogen-bond donors (Lipinski definition) is 1. The van der Waals surface area contributed by atoms with Crippen LogP contribution in [0.15, 0.2) is 12.1 Å². The highest BCUT2D eigenvalue weighted by Gasteiger charge is 2.29. The maximum absolute atomic E-state index is 14.1. The maximum atomic E-state index is 14.1. The van der Waals surface area contributed by atoms with Gasteiger partial charge < -0.3 is 10.0 Å². The van der Waals surface area contributed by atoms with E-state index in [2.05, 4.69) is 0 Å². The Kier molecular flexibility index (Phi) is 4.56. The molecular weight excluding hydrogens is 279 g/mol. The van der Waals surface area contributed by atoms with Crippen LogP contribution in [0.5, 0.6) is 0 Å². The average molecular weight is 298 g/mol. The van der Waals surface area contributed by atoms with Crippen LogP contribution in [0, 0.1) is 21.3 Å². The van der Waals surface area contributed by atoms with Crippen LogP contribution in [0.3, 0.4) is 0 Å². The first-order valence-corrected chi connectivity index (χ1v) is 6.41. The molecule has 1 atom stereocenters. The molecule has 7 heteroatoms. The number of nitrogens with zero attached hydrogens (tertiary/aromatic N) is 2. The molecule has 0 spiro atoms. The number of rotatable bonds is 4. The van der Waals surface area contributed by atoms with E-state index in [0.29, 0.717) is 6.07 Å². The summed E-state index contributed by atoms with van der Waals surface area (Å²) in [5, 5.41) is 19.9. The monoisotopic (exact) mass is 298 g/mol. The van der Waals surface area contributed by atoms with Crippen LogP contribution >= 0.6 is 0 Å². The average Bonchev–Trinajstić information content (AvgIpc) is 2.35. The fraction of sp³-hybridized carbons (Fsp3) is 0.500. The molecular formula is C14H19FN2O4. The molecule has 0 radical (unpaired) electrons. The molecule has 1 rings (SSSR count). The third-order valence-electron chi connectivity index (χ3n) is 3.71. The molecule has 0 amide bonds. The molecule has 1 aromatic rings. The molecule has 0 bridgehead atoms. The SMILES string of the molecule is CC(N(C)c1cc(C(=O)O)c([N+](=O)[O-])cc1F)C(C)(C)C. The normalized spacial score (nSPS) is 12.9. The van der Waals surface area contributed by atoms with Crippen LogP contribution < -0.4 is 4.90 Å². The summed E-state index contributed by atoms with van der Waals surface area (Å²) in [4.78, 5) is 22.6. The molecule has 1 unspecified atom stereocenters. The molecule has 0 aliphatic rings. The standard InChI is InChI=1S/C14H19FN2O4/c1-8(14(2,3)4)16(5)12-6-9(13(18)19)11(17(20)21)7-10(12)15/h6-8H,1-5H3,(H,18,19). The Morgan fingerprint density at radius 1 is 1.43 bits per heavy atom. The molecule has 0 aromatic heterocycles. The third kappa shape index (κ3) is 3.48. The van der Waals surface area contributed by atoms with Crippen molar-refractivity contribution in [1.29, 1.82) is 0 Å². The van der Waals surface area contributed by atoms with Gasteiger partial charge in [-0.2, -0.15) is 0 Å². The number of nitro benzene ring substituents is 1. The van der Waals surface area contributed by atoms with Crippen molar-refractivity contribution in [1.82, 2.24) is 0 Å². The fourth-order valence-corrected chi connectivity index (χ4v) is 1.93. The lowest BCUT2D eigenvalue weighted by Crippen LogP contribution is -2.39. The van der Waals surface area contributed by atoms with Crippen molar-refractivity contribution in [3.8, 4) is 0 Å². The Balaban J connectivity index is 3.42. The molecule has 0 aliphatic heterocycles.